The molecule has 0 bridgehead atoms. The Morgan fingerprint density at radius 3 is 2.50 bits per heavy atom. The summed E-state index contributed by atoms with van der Waals surface area (Å²) in [4.78, 5) is 24.2. The number of likely N-dealkylation sites (tertiary alicyclic amines) is 1. The highest BCUT2D eigenvalue weighted by atomic mass is 16.4. The fraction of sp³-hybridized carbons (Fsp3) is 0.286. The fourth-order valence-corrected chi connectivity index (χ4v) is 2.06. The van der Waals surface area contributed by atoms with Crippen LogP contribution in [-0.2, 0) is 9.59 Å². The van der Waals surface area contributed by atoms with E-state index >= 15 is 0 Å². The Kier molecular flexibility index (Phi) is 3.46. The van der Waals surface area contributed by atoms with Gasteiger partial charge in [0, 0.05) is 19.0 Å². The number of amides is 1. The van der Waals surface area contributed by atoms with Gasteiger partial charge in [-0.25, -0.2) is 4.79 Å². The van der Waals surface area contributed by atoms with Gasteiger partial charge in [0.25, 0.3) is 0 Å². The van der Waals surface area contributed by atoms with E-state index in [9.17, 15) is 9.59 Å². The maximum absolute atomic E-state index is 11.7. The standard InChI is InChI=1S/C14H15NO3/c1-10-4-6-11(7-5-10)12(9-14(17)18)15-8-2-3-13(15)16/h4-7,9H,2-3,8H2,1H3,(H,17,18). The monoisotopic (exact) mass is 245 g/mol. The Hall–Kier alpha value is -2.10. The zero-order valence-corrected chi connectivity index (χ0v) is 10.2. The van der Waals surface area contributed by atoms with Crippen LogP contribution in [0.25, 0.3) is 5.70 Å². The molecule has 1 N–H and O–H groups in total. The van der Waals surface area contributed by atoms with E-state index in [4.69, 9.17) is 5.11 Å². The van der Waals surface area contributed by atoms with Crippen LogP contribution >= 0.6 is 0 Å². The Bertz CT molecular complexity index is 502. The summed E-state index contributed by atoms with van der Waals surface area (Å²) in [7, 11) is 0. The average molecular weight is 245 g/mol. The number of aryl methyl sites for hydroxylation is 1. The van der Waals surface area contributed by atoms with Gasteiger partial charge < -0.3 is 10.0 Å². The summed E-state index contributed by atoms with van der Waals surface area (Å²) in [5, 5.41) is 8.93. The smallest absolute Gasteiger partial charge is 0.330 e. The first kappa shape index (κ1) is 12.4. The molecule has 0 aliphatic carbocycles. The van der Waals surface area contributed by atoms with Crippen LogP contribution < -0.4 is 0 Å². The molecule has 1 aromatic rings. The lowest BCUT2D eigenvalue weighted by Gasteiger charge is -2.19. The fourth-order valence-electron chi connectivity index (χ4n) is 2.06. The summed E-state index contributed by atoms with van der Waals surface area (Å²) in [6.07, 6.45) is 2.37. The Morgan fingerprint density at radius 2 is 2.00 bits per heavy atom. The van der Waals surface area contributed by atoms with Gasteiger partial charge in [0.1, 0.15) is 0 Å². The van der Waals surface area contributed by atoms with Crippen molar-refractivity contribution in [1.29, 1.82) is 0 Å². The molecule has 1 fully saturated rings. The minimum absolute atomic E-state index is 0.0110. The van der Waals surface area contributed by atoms with Gasteiger partial charge in [0.2, 0.25) is 5.91 Å². The number of carbonyl (C=O) groups excluding carboxylic acids is 1. The van der Waals surface area contributed by atoms with Crippen molar-refractivity contribution >= 4 is 17.6 Å². The quantitative estimate of drug-likeness (QED) is 0.829. The molecule has 18 heavy (non-hydrogen) atoms. The topological polar surface area (TPSA) is 57.6 Å². The molecule has 0 aromatic heterocycles. The van der Waals surface area contributed by atoms with Crippen LogP contribution in [0.4, 0.5) is 0 Å². The number of aliphatic carboxylic acids is 1. The summed E-state index contributed by atoms with van der Waals surface area (Å²) in [6.45, 7) is 2.55. The summed E-state index contributed by atoms with van der Waals surface area (Å²) in [5.74, 6) is -1.05. The first-order valence-electron chi connectivity index (χ1n) is 5.90. The Labute approximate surface area is 106 Å². The van der Waals surface area contributed by atoms with Gasteiger partial charge in [-0.2, -0.15) is 0 Å². The van der Waals surface area contributed by atoms with E-state index in [-0.39, 0.29) is 5.91 Å². The van der Waals surface area contributed by atoms with Gasteiger partial charge in [0.15, 0.2) is 0 Å². The number of carboxylic acid groups (broad SMARTS) is 1. The number of nitrogens with zero attached hydrogens (tertiary/aromatic N) is 1. The van der Waals surface area contributed by atoms with E-state index < -0.39 is 5.97 Å². The van der Waals surface area contributed by atoms with Crippen molar-refractivity contribution < 1.29 is 14.7 Å². The first-order chi connectivity index (χ1) is 8.58. The van der Waals surface area contributed by atoms with Crippen molar-refractivity contribution in [2.24, 2.45) is 0 Å². The summed E-state index contributed by atoms with van der Waals surface area (Å²) >= 11 is 0. The predicted octanol–water partition coefficient (Wildman–Crippen LogP) is 2.04. The third kappa shape index (κ3) is 2.59. The lowest BCUT2D eigenvalue weighted by molar-refractivity contribution is -0.131. The molecule has 1 amide bonds. The SMILES string of the molecule is Cc1ccc(C(=CC(=O)O)N2CCCC2=O)cc1. The first-order valence-corrected chi connectivity index (χ1v) is 5.90. The third-order valence-electron chi connectivity index (χ3n) is 2.97. The number of carbonyl (C=O) groups is 2. The van der Waals surface area contributed by atoms with Gasteiger partial charge in [-0.3, -0.25) is 4.79 Å². The molecular formula is C14H15NO3. The van der Waals surface area contributed by atoms with Crippen LogP contribution in [0.5, 0.6) is 0 Å². The molecule has 0 unspecified atom stereocenters. The highest BCUT2D eigenvalue weighted by molar-refractivity contribution is 5.96. The summed E-state index contributed by atoms with van der Waals surface area (Å²) in [5.41, 5.74) is 2.34. The number of benzene rings is 1. The van der Waals surface area contributed by atoms with Crippen LogP contribution in [0, 0.1) is 6.92 Å². The van der Waals surface area contributed by atoms with E-state index in [0.29, 0.717) is 18.7 Å². The van der Waals surface area contributed by atoms with Crippen LogP contribution in [0.3, 0.4) is 0 Å². The lowest BCUT2D eigenvalue weighted by Crippen LogP contribution is -2.23. The number of rotatable bonds is 3. The second-order valence-corrected chi connectivity index (χ2v) is 4.38. The van der Waals surface area contributed by atoms with Crippen LogP contribution in [0.1, 0.15) is 24.0 Å². The molecule has 4 heteroatoms. The van der Waals surface area contributed by atoms with Gasteiger partial charge in [-0.05, 0) is 18.9 Å². The molecule has 4 nitrogen and oxygen atoms in total. The van der Waals surface area contributed by atoms with E-state index in [1.807, 2.05) is 31.2 Å². The van der Waals surface area contributed by atoms with E-state index in [1.54, 1.807) is 4.90 Å². The van der Waals surface area contributed by atoms with Crippen molar-refractivity contribution in [3.8, 4) is 0 Å². The molecule has 0 saturated carbocycles. The van der Waals surface area contributed by atoms with Gasteiger partial charge in [-0.1, -0.05) is 29.8 Å². The van der Waals surface area contributed by atoms with Crippen molar-refractivity contribution in [3.63, 3.8) is 0 Å². The molecule has 1 aliphatic rings. The number of carboxylic acids is 1. The normalized spacial score (nSPS) is 16.2. The zero-order valence-electron chi connectivity index (χ0n) is 10.2. The highest BCUT2D eigenvalue weighted by Gasteiger charge is 2.25. The third-order valence-corrected chi connectivity index (χ3v) is 2.97. The van der Waals surface area contributed by atoms with E-state index in [0.717, 1.165) is 23.6 Å². The number of hydrogen-bond donors (Lipinski definition) is 1. The molecule has 94 valence electrons. The van der Waals surface area contributed by atoms with Crippen LogP contribution in [0.15, 0.2) is 30.3 Å². The second-order valence-electron chi connectivity index (χ2n) is 4.38. The Balaban J connectivity index is 2.40. The Morgan fingerprint density at radius 1 is 1.33 bits per heavy atom. The summed E-state index contributed by atoms with van der Waals surface area (Å²) < 4.78 is 0. The van der Waals surface area contributed by atoms with Gasteiger partial charge >= 0.3 is 5.97 Å². The maximum Gasteiger partial charge on any atom is 0.330 e. The van der Waals surface area contributed by atoms with Crippen molar-refractivity contribution in [2.45, 2.75) is 19.8 Å². The summed E-state index contributed by atoms with van der Waals surface area (Å²) in [6, 6.07) is 7.50. The van der Waals surface area contributed by atoms with Crippen LogP contribution in [0.2, 0.25) is 0 Å². The molecular weight excluding hydrogens is 230 g/mol. The lowest BCUT2D eigenvalue weighted by atomic mass is 10.1. The molecule has 2 rings (SSSR count). The highest BCUT2D eigenvalue weighted by Crippen LogP contribution is 2.25. The minimum Gasteiger partial charge on any atom is -0.478 e. The molecule has 1 aromatic carbocycles. The molecule has 1 saturated heterocycles. The second kappa shape index (κ2) is 5.04. The van der Waals surface area contributed by atoms with Gasteiger partial charge in [-0.15, -0.1) is 0 Å². The van der Waals surface area contributed by atoms with Crippen molar-refractivity contribution in [3.05, 3.63) is 41.5 Å². The molecule has 0 radical (unpaired) electrons. The maximum atomic E-state index is 11.7. The van der Waals surface area contributed by atoms with Crippen molar-refractivity contribution in [2.75, 3.05) is 6.54 Å². The predicted molar refractivity (Wildman–Crippen MR) is 67.7 cm³/mol. The largest absolute Gasteiger partial charge is 0.478 e. The van der Waals surface area contributed by atoms with Gasteiger partial charge in [0.05, 0.1) is 5.70 Å². The van der Waals surface area contributed by atoms with Crippen molar-refractivity contribution in [1.82, 2.24) is 4.90 Å². The number of hydrogen-bond acceptors (Lipinski definition) is 2. The van der Waals surface area contributed by atoms with E-state index in [2.05, 4.69) is 0 Å². The van der Waals surface area contributed by atoms with Crippen LogP contribution in [-0.4, -0.2) is 28.4 Å². The van der Waals surface area contributed by atoms with E-state index in [1.165, 1.54) is 0 Å². The average Bonchev–Trinajstić information content (AvgIpc) is 2.73. The zero-order chi connectivity index (χ0) is 13.1. The molecule has 0 atom stereocenters. The minimum atomic E-state index is -1.04. The molecule has 1 heterocycles. The molecule has 0 spiro atoms. The molecule has 1 aliphatic heterocycles.